The van der Waals surface area contributed by atoms with Gasteiger partial charge in [0.15, 0.2) is 0 Å². The van der Waals surface area contributed by atoms with Gasteiger partial charge in [0.1, 0.15) is 11.5 Å². The Morgan fingerprint density at radius 3 is 1.98 bits per heavy atom. The molecule has 0 saturated carbocycles. The van der Waals surface area contributed by atoms with Crippen molar-refractivity contribution in [3.05, 3.63) is 170 Å². The Kier molecular flexibility index (Phi) is 5.71. The van der Waals surface area contributed by atoms with E-state index in [0.717, 1.165) is 72.1 Å². The van der Waals surface area contributed by atoms with Gasteiger partial charge in [0, 0.05) is 38.2 Å². The fourth-order valence-electron chi connectivity index (χ4n) is 8.56. The van der Waals surface area contributed by atoms with Gasteiger partial charge in [0.05, 0.1) is 38.7 Å². The molecule has 12 rings (SSSR count). The molecule has 0 unspecified atom stereocenters. The van der Waals surface area contributed by atoms with Crippen LogP contribution in [0.1, 0.15) is 0 Å². The predicted molar refractivity (Wildman–Crippen MR) is 217 cm³/mol. The Morgan fingerprint density at radius 2 is 1.11 bits per heavy atom. The molecule has 0 saturated heterocycles. The highest BCUT2D eigenvalue weighted by Gasteiger charge is 2.25. The predicted octanol–water partition coefficient (Wildman–Crippen LogP) is 12.4. The van der Waals surface area contributed by atoms with Crippen LogP contribution >= 0.6 is 0 Å². The van der Waals surface area contributed by atoms with Crippen molar-refractivity contribution in [3.63, 3.8) is 0 Å². The average Bonchev–Trinajstić information content (AvgIpc) is 3.74. The normalized spacial score (nSPS) is 12.3. The van der Waals surface area contributed by atoms with Crippen molar-refractivity contribution in [2.24, 2.45) is 0 Å². The summed E-state index contributed by atoms with van der Waals surface area (Å²) in [5.41, 5.74) is 10.8. The molecule has 0 radical (unpaired) electrons. The highest BCUT2D eigenvalue weighted by molar-refractivity contribution is 6.19. The maximum atomic E-state index is 6.32. The monoisotopic (exact) mass is 676 g/mol. The van der Waals surface area contributed by atoms with E-state index < -0.39 is 0 Å². The fraction of sp³-hybridized carbons (Fsp3) is 0. The van der Waals surface area contributed by atoms with Crippen molar-refractivity contribution >= 4 is 65.3 Å². The van der Waals surface area contributed by atoms with Crippen LogP contribution in [0.2, 0.25) is 0 Å². The van der Waals surface area contributed by atoms with Crippen LogP contribution in [-0.4, -0.2) is 19.1 Å². The Balaban J connectivity index is 1.12. The molecule has 246 valence electrons. The Hall–Kier alpha value is -7.24. The molecular weight excluding hydrogens is 649 g/mol. The molecule has 0 bridgehead atoms. The highest BCUT2D eigenvalue weighted by atomic mass is 16.5. The third kappa shape index (κ3) is 4.02. The van der Waals surface area contributed by atoms with Crippen LogP contribution in [-0.2, 0) is 0 Å². The van der Waals surface area contributed by atoms with E-state index in [1.54, 1.807) is 0 Å². The second kappa shape index (κ2) is 10.6. The van der Waals surface area contributed by atoms with Gasteiger partial charge in [-0.1, -0.05) is 103 Å². The lowest BCUT2D eigenvalue weighted by Crippen LogP contribution is -2.06. The highest BCUT2D eigenvalue weighted by Crippen LogP contribution is 2.46. The molecule has 53 heavy (non-hydrogen) atoms. The van der Waals surface area contributed by atoms with E-state index in [9.17, 15) is 0 Å². The van der Waals surface area contributed by atoms with Gasteiger partial charge in [-0.25, -0.2) is 9.97 Å². The zero-order chi connectivity index (χ0) is 34.6. The molecule has 11 aromatic rings. The zero-order valence-electron chi connectivity index (χ0n) is 28.4. The number of ether oxygens (including phenoxy) is 1. The molecule has 5 heteroatoms. The summed E-state index contributed by atoms with van der Waals surface area (Å²) in [5.74, 6) is 2.22. The van der Waals surface area contributed by atoms with Crippen molar-refractivity contribution in [1.82, 2.24) is 19.1 Å². The van der Waals surface area contributed by atoms with Crippen molar-refractivity contribution < 1.29 is 4.74 Å². The first-order chi connectivity index (χ1) is 26.3. The number of nitrogens with zero attached hydrogens (tertiary/aromatic N) is 4. The minimum atomic E-state index is 0.639. The van der Waals surface area contributed by atoms with E-state index in [2.05, 4.69) is 149 Å². The van der Waals surface area contributed by atoms with Crippen molar-refractivity contribution in [2.75, 3.05) is 0 Å². The van der Waals surface area contributed by atoms with E-state index in [1.165, 1.54) is 32.8 Å². The SMILES string of the molecule is c1ccc(-n2c3ccccc3c3cc(-c4ccc5c(c4)c4ccc6ccccc6c4n5-c4nc5c6c(cccc6n4)Oc4ccccc4-5)ccc32)cc1. The minimum absolute atomic E-state index is 0.639. The van der Waals surface area contributed by atoms with Crippen LogP contribution in [0.15, 0.2) is 170 Å². The average molecular weight is 677 g/mol. The van der Waals surface area contributed by atoms with E-state index in [4.69, 9.17) is 14.7 Å². The molecule has 0 N–H and O–H groups in total. The van der Waals surface area contributed by atoms with Gasteiger partial charge < -0.3 is 9.30 Å². The van der Waals surface area contributed by atoms with Crippen LogP contribution in [0.25, 0.3) is 99.3 Å². The maximum absolute atomic E-state index is 6.32. The van der Waals surface area contributed by atoms with Crippen molar-refractivity contribution in [1.29, 1.82) is 0 Å². The summed E-state index contributed by atoms with van der Waals surface area (Å²) in [4.78, 5) is 10.6. The van der Waals surface area contributed by atoms with Crippen LogP contribution < -0.4 is 4.74 Å². The third-order valence-corrected chi connectivity index (χ3v) is 10.9. The summed E-state index contributed by atoms with van der Waals surface area (Å²) in [6.07, 6.45) is 0. The Morgan fingerprint density at radius 1 is 0.434 bits per heavy atom. The number of hydrogen-bond donors (Lipinski definition) is 0. The number of para-hydroxylation sites is 3. The van der Waals surface area contributed by atoms with Crippen LogP contribution in [0.4, 0.5) is 0 Å². The number of hydrogen-bond acceptors (Lipinski definition) is 3. The van der Waals surface area contributed by atoms with Crippen LogP contribution in [0, 0.1) is 0 Å². The lowest BCUT2D eigenvalue weighted by Gasteiger charge is -2.21. The van der Waals surface area contributed by atoms with Crippen molar-refractivity contribution in [3.8, 4) is 45.5 Å². The Bertz CT molecular complexity index is 3320. The van der Waals surface area contributed by atoms with Crippen LogP contribution in [0.3, 0.4) is 0 Å². The molecule has 0 amide bonds. The summed E-state index contributed by atoms with van der Waals surface area (Å²) in [5, 5.41) is 8.07. The topological polar surface area (TPSA) is 44.9 Å². The lowest BCUT2D eigenvalue weighted by molar-refractivity contribution is 0.486. The molecule has 0 fully saturated rings. The molecule has 0 spiro atoms. The van der Waals surface area contributed by atoms with E-state index in [-0.39, 0.29) is 0 Å². The first-order valence-corrected chi connectivity index (χ1v) is 17.9. The summed E-state index contributed by atoms with van der Waals surface area (Å²) in [6, 6.07) is 60.2. The van der Waals surface area contributed by atoms with Gasteiger partial charge >= 0.3 is 0 Å². The second-order valence-electron chi connectivity index (χ2n) is 13.8. The van der Waals surface area contributed by atoms with E-state index >= 15 is 0 Å². The third-order valence-electron chi connectivity index (χ3n) is 10.9. The van der Waals surface area contributed by atoms with Gasteiger partial charge in [0.25, 0.3) is 0 Å². The molecule has 3 aromatic heterocycles. The van der Waals surface area contributed by atoms with Crippen LogP contribution in [0.5, 0.6) is 11.5 Å². The van der Waals surface area contributed by atoms with Gasteiger partial charge in [-0.2, -0.15) is 0 Å². The number of rotatable bonds is 3. The Labute approximate surface area is 303 Å². The van der Waals surface area contributed by atoms with E-state index in [0.29, 0.717) is 5.95 Å². The molecule has 0 atom stereocenters. The summed E-state index contributed by atoms with van der Waals surface area (Å²) in [6.45, 7) is 0. The first-order valence-electron chi connectivity index (χ1n) is 17.9. The lowest BCUT2D eigenvalue weighted by atomic mass is 10.00. The summed E-state index contributed by atoms with van der Waals surface area (Å²) < 4.78 is 10.9. The maximum Gasteiger partial charge on any atom is 0.235 e. The molecule has 1 aliphatic heterocycles. The molecule has 4 heterocycles. The number of benzene rings is 8. The second-order valence-corrected chi connectivity index (χ2v) is 13.8. The molecule has 0 aliphatic carbocycles. The van der Waals surface area contributed by atoms with E-state index in [1.807, 2.05) is 30.3 Å². The quantitative estimate of drug-likeness (QED) is 0.187. The summed E-state index contributed by atoms with van der Waals surface area (Å²) in [7, 11) is 0. The largest absolute Gasteiger partial charge is 0.456 e. The molecule has 8 aromatic carbocycles. The van der Waals surface area contributed by atoms with Gasteiger partial charge in [-0.3, -0.25) is 4.57 Å². The number of aromatic nitrogens is 4. The van der Waals surface area contributed by atoms with Gasteiger partial charge in [0.2, 0.25) is 5.95 Å². The first kappa shape index (κ1) is 28.5. The van der Waals surface area contributed by atoms with Crippen molar-refractivity contribution in [2.45, 2.75) is 0 Å². The minimum Gasteiger partial charge on any atom is -0.456 e. The van der Waals surface area contributed by atoms with Gasteiger partial charge in [-0.05, 0) is 83.2 Å². The smallest absolute Gasteiger partial charge is 0.235 e. The standard InChI is InChI=1S/C48H28N4O/c1-2-12-32(13-3-1)51-40-18-8-6-15-34(40)37-27-30(22-25-41(37)51)31-23-26-42-38(28-31)35-24-21-29-11-4-5-14-33(29)47(35)52(42)48-49-39-17-10-20-44-45(39)46(50-48)36-16-7-9-19-43(36)53-44/h1-28H. The summed E-state index contributed by atoms with van der Waals surface area (Å²) >= 11 is 0. The number of fused-ring (bicyclic) bond motifs is 10. The van der Waals surface area contributed by atoms with Gasteiger partial charge in [-0.15, -0.1) is 0 Å². The molecule has 5 nitrogen and oxygen atoms in total. The zero-order valence-corrected chi connectivity index (χ0v) is 28.4. The fourth-order valence-corrected chi connectivity index (χ4v) is 8.56. The molecule has 1 aliphatic rings. The molecular formula is C48H28N4O.